The second-order valence-electron chi connectivity index (χ2n) is 8.17. The summed E-state index contributed by atoms with van der Waals surface area (Å²) in [4.78, 5) is 22.4. The summed E-state index contributed by atoms with van der Waals surface area (Å²) in [5, 5.41) is 0.755. The molecule has 26 heavy (non-hydrogen) atoms. The molecule has 0 N–H and O–H groups in total. The molecule has 0 saturated carbocycles. The molecule has 0 aliphatic carbocycles. The Labute approximate surface area is 160 Å². The van der Waals surface area contributed by atoms with Crippen LogP contribution in [0.2, 0.25) is 0 Å². The summed E-state index contributed by atoms with van der Waals surface area (Å²) >= 11 is 1.65. The van der Waals surface area contributed by atoms with Crippen molar-refractivity contribution in [1.29, 1.82) is 0 Å². The van der Waals surface area contributed by atoms with E-state index in [1.165, 1.54) is 0 Å². The molecule has 1 atom stereocenters. The second-order valence-corrected chi connectivity index (χ2v) is 9.16. The first-order chi connectivity index (χ1) is 12.2. The van der Waals surface area contributed by atoms with Crippen LogP contribution in [0.4, 0.5) is 0 Å². The number of amides is 1. The molecule has 8 heteroatoms. The topological polar surface area (TPSA) is 64.6 Å². The summed E-state index contributed by atoms with van der Waals surface area (Å²) in [5.41, 5.74) is 0.108. The lowest BCUT2D eigenvalue weighted by molar-refractivity contribution is -0.130. The molecule has 0 aromatic carbocycles. The quantitative estimate of drug-likeness (QED) is 0.455. The third kappa shape index (κ3) is 4.23. The number of rotatable bonds is 4. The molecule has 0 spiro atoms. The Morgan fingerprint density at radius 2 is 1.88 bits per heavy atom. The predicted octanol–water partition coefficient (Wildman–Crippen LogP) is 2.13. The molecule has 1 aromatic heterocycles. The molecule has 0 bridgehead atoms. The van der Waals surface area contributed by atoms with Crippen LogP contribution in [-0.2, 0) is 14.1 Å². The van der Waals surface area contributed by atoms with E-state index in [9.17, 15) is 4.79 Å². The number of likely N-dealkylation sites (tertiary alicyclic amines) is 1. The molecule has 2 saturated heterocycles. The summed E-state index contributed by atoms with van der Waals surface area (Å²) in [5.74, 6) is 1.60. The standard InChI is InChI=1S/C18H28BN3O3S/c1-13(23)22-8-6-7-14(11-22)12-26-16-20-9-15(10-21-16)19-24-17(2,3)18(4,5)25-19/h9-10,14H,6-8,11-12H2,1-5H3/t14-/m0/s1. The first-order valence-corrected chi connectivity index (χ1v) is 10.2. The van der Waals surface area contributed by atoms with Gasteiger partial charge in [0.05, 0.1) is 11.2 Å². The lowest BCUT2D eigenvalue weighted by Crippen LogP contribution is -2.41. The van der Waals surface area contributed by atoms with E-state index in [1.54, 1.807) is 31.1 Å². The van der Waals surface area contributed by atoms with Crippen molar-refractivity contribution in [3.63, 3.8) is 0 Å². The summed E-state index contributed by atoms with van der Waals surface area (Å²) in [6, 6.07) is 0. The van der Waals surface area contributed by atoms with Crippen LogP contribution in [0, 0.1) is 5.92 Å². The fourth-order valence-electron chi connectivity index (χ4n) is 3.18. The van der Waals surface area contributed by atoms with Crippen LogP contribution in [0.15, 0.2) is 17.6 Å². The number of carbonyl (C=O) groups is 1. The van der Waals surface area contributed by atoms with Crippen LogP contribution in [0.5, 0.6) is 0 Å². The van der Waals surface area contributed by atoms with E-state index in [0.29, 0.717) is 5.92 Å². The van der Waals surface area contributed by atoms with Crippen molar-refractivity contribution in [2.75, 3.05) is 18.8 Å². The third-order valence-electron chi connectivity index (χ3n) is 5.59. The smallest absolute Gasteiger partial charge is 0.399 e. The number of aromatic nitrogens is 2. The molecule has 0 unspecified atom stereocenters. The van der Waals surface area contributed by atoms with Gasteiger partial charge in [-0.05, 0) is 46.5 Å². The zero-order valence-corrected chi connectivity index (χ0v) is 17.1. The Bertz CT molecular complexity index is 638. The molecule has 3 rings (SSSR count). The average molecular weight is 377 g/mol. The van der Waals surface area contributed by atoms with E-state index in [-0.39, 0.29) is 17.1 Å². The summed E-state index contributed by atoms with van der Waals surface area (Å²) < 4.78 is 12.1. The van der Waals surface area contributed by atoms with Gasteiger partial charge in [0.1, 0.15) is 0 Å². The van der Waals surface area contributed by atoms with E-state index in [2.05, 4.69) is 9.97 Å². The SMILES string of the molecule is CC(=O)N1CCC[C@H](CSc2ncc(B3OC(C)(C)C(C)(C)O3)cn2)C1. The van der Waals surface area contributed by atoms with Crippen LogP contribution < -0.4 is 5.46 Å². The van der Waals surface area contributed by atoms with Crippen molar-refractivity contribution in [2.24, 2.45) is 5.92 Å². The fourth-order valence-corrected chi connectivity index (χ4v) is 4.09. The highest BCUT2D eigenvalue weighted by Crippen LogP contribution is 2.36. The Kier molecular flexibility index (Phi) is 5.65. The van der Waals surface area contributed by atoms with Crippen LogP contribution >= 0.6 is 11.8 Å². The van der Waals surface area contributed by atoms with Gasteiger partial charge in [-0.2, -0.15) is 0 Å². The van der Waals surface area contributed by atoms with Gasteiger partial charge in [0.2, 0.25) is 5.91 Å². The number of thioether (sulfide) groups is 1. The predicted molar refractivity (Wildman–Crippen MR) is 103 cm³/mol. The Morgan fingerprint density at radius 1 is 1.27 bits per heavy atom. The third-order valence-corrected chi connectivity index (χ3v) is 6.69. The maximum Gasteiger partial charge on any atom is 0.498 e. The van der Waals surface area contributed by atoms with Crippen LogP contribution in [0.25, 0.3) is 0 Å². The van der Waals surface area contributed by atoms with E-state index in [0.717, 1.165) is 42.3 Å². The minimum Gasteiger partial charge on any atom is -0.399 e. The fraction of sp³-hybridized carbons (Fsp3) is 0.722. The number of piperidine rings is 1. The maximum absolute atomic E-state index is 11.5. The largest absolute Gasteiger partial charge is 0.498 e. The Hall–Kier alpha value is -1.12. The summed E-state index contributed by atoms with van der Waals surface area (Å²) in [6.45, 7) is 11.5. The molecule has 6 nitrogen and oxygen atoms in total. The zero-order valence-electron chi connectivity index (χ0n) is 16.3. The highest BCUT2D eigenvalue weighted by atomic mass is 32.2. The van der Waals surface area contributed by atoms with Crippen molar-refractivity contribution in [2.45, 2.75) is 63.8 Å². The van der Waals surface area contributed by atoms with Gasteiger partial charge in [-0.15, -0.1) is 0 Å². The highest BCUT2D eigenvalue weighted by Gasteiger charge is 2.51. The normalized spacial score (nSPS) is 24.7. The van der Waals surface area contributed by atoms with Gasteiger partial charge >= 0.3 is 7.12 Å². The number of nitrogens with zero attached hydrogens (tertiary/aromatic N) is 3. The molecule has 2 fully saturated rings. The second kappa shape index (κ2) is 7.48. The van der Waals surface area contributed by atoms with Crippen molar-refractivity contribution in [3.8, 4) is 0 Å². The van der Waals surface area contributed by atoms with Gasteiger partial charge in [-0.1, -0.05) is 11.8 Å². The molecule has 142 valence electrons. The Balaban J connectivity index is 1.55. The van der Waals surface area contributed by atoms with Crippen LogP contribution in [-0.4, -0.2) is 57.9 Å². The molecule has 0 radical (unpaired) electrons. The molecule has 3 heterocycles. The van der Waals surface area contributed by atoms with Gasteiger partial charge in [0, 0.05) is 43.6 Å². The number of carbonyl (C=O) groups excluding carboxylic acids is 1. The van der Waals surface area contributed by atoms with Crippen molar-refractivity contribution >= 4 is 30.3 Å². The van der Waals surface area contributed by atoms with Gasteiger partial charge in [0.15, 0.2) is 5.16 Å². The van der Waals surface area contributed by atoms with Gasteiger partial charge in [-0.3, -0.25) is 4.79 Å². The lowest BCUT2D eigenvalue weighted by atomic mass is 9.81. The van der Waals surface area contributed by atoms with Gasteiger partial charge in [-0.25, -0.2) is 9.97 Å². The van der Waals surface area contributed by atoms with Crippen LogP contribution in [0.1, 0.15) is 47.5 Å². The van der Waals surface area contributed by atoms with Gasteiger partial charge in [0.25, 0.3) is 0 Å². The molecular formula is C18H28BN3O3S. The Morgan fingerprint density at radius 3 is 2.46 bits per heavy atom. The first-order valence-electron chi connectivity index (χ1n) is 9.24. The maximum atomic E-state index is 11.5. The zero-order chi connectivity index (χ0) is 18.9. The lowest BCUT2D eigenvalue weighted by Gasteiger charge is -2.32. The van der Waals surface area contributed by atoms with Crippen molar-refractivity contribution in [1.82, 2.24) is 14.9 Å². The van der Waals surface area contributed by atoms with E-state index in [1.807, 2.05) is 32.6 Å². The molecule has 1 aromatic rings. The van der Waals surface area contributed by atoms with Crippen molar-refractivity contribution < 1.29 is 14.1 Å². The minimum absolute atomic E-state index is 0.169. The first kappa shape index (κ1) is 19.6. The molecule has 2 aliphatic heterocycles. The molecule has 1 amide bonds. The van der Waals surface area contributed by atoms with Crippen molar-refractivity contribution in [3.05, 3.63) is 12.4 Å². The van der Waals surface area contributed by atoms with Gasteiger partial charge < -0.3 is 14.2 Å². The number of hydrogen-bond acceptors (Lipinski definition) is 6. The van der Waals surface area contributed by atoms with E-state index in [4.69, 9.17) is 9.31 Å². The van der Waals surface area contributed by atoms with E-state index < -0.39 is 7.12 Å². The highest BCUT2D eigenvalue weighted by molar-refractivity contribution is 7.99. The monoisotopic (exact) mass is 377 g/mol. The molecule has 2 aliphatic rings. The summed E-state index contributed by atoms with van der Waals surface area (Å²) in [6.07, 6.45) is 5.82. The van der Waals surface area contributed by atoms with E-state index >= 15 is 0 Å². The average Bonchev–Trinajstić information content (AvgIpc) is 2.81. The minimum atomic E-state index is -0.429. The molecular weight excluding hydrogens is 349 g/mol. The summed E-state index contributed by atoms with van der Waals surface area (Å²) in [7, 11) is -0.429. The number of hydrogen-bond donors (Lipinski definition) is 0. The van der Waals surface area contributed by atoms with Crippen LogP contribution in [0.3, 0.4) is 0 Å².